The summed E-state index contributed by atoms with van der Waals surface area (Å²) in [4.78, 5) is 36.4. The molecule has 2 aromatic heterocycles. The number of halogens is 1. The molecule has 2 N–H and O–H groups in total. The zero-order valence-electron chi connectivity index (χ0n) is 23.8. The van der Waals surface area contributed by atoms with E-state index in [4.69, 9.17) is 10.5 Å². The third-order valence-electron chi connectivity index (χ3n) is 8.06. The Morgan fingerprint density at radius 2 is 2.00 bits per heavy atom. The monoisotopic (exact) mass is 586 g/mol. The van der Waals surface area contributed by atoms with Crippen molar-refractivity contribution in [1.82, 2.24) is 24.6 Å². The van der Waals surface area contributed by atoms with Gasteiger partial charge < -0.3 is 20.3 Å². The van der Waals surface area contributed by atoms with Gasteiger partial charge in [-0.05, 0) is 56.2 Å². The predicted molar refractivity (Wildman–Crippen MR) is 157 cm³/mol. The molecular weight excluding hydrogens is 555 g/mol. The fourth-order valence-corrected chi connectivity index (χ4v) is 6.05. The van der Waals surface area contributed by atoms with Crippen molar-refractivity contribution >= 4 is 23.1 Å². The molecule has 2 aliphatic heterocycles. The van der Waals surface area contributed by atoms with Gasteiger partial charge in [0.1, 0.15) is 23.6 Å². The molecule has 2 aromatic carbocycles. The van der Waals surface area contributed by atoms with Crippen molar-refractivity contribution in [3.8, 4) is 22.8 Å². The predicted octanol–water partition coefficient (Wildman–Crippen LogP) is 4.97. The minimum atomic E-state index is -0.518. The molecule has 0 radical (unpaired) electrons. The van der Waals surface area contributed by atoms with Crippen LogP contribution in [0.2, 0.25) is 0 Å². The number of benzene rings is 2. The molecule has 0 saturated carbocycles. The van der Waals surface area contributed by atoms with Gasteiger partial charge >= 0.3 is 0 Å². The molecule has 6 rings (SSSR count). The Balaban J connectivity index is 1.22. The summed E-state index contributed by atoms with van der Waals surface area (Å²) in [6.45, 7) is 6.00. The second-order valence-electron chi connectivity index (χ2n) is 11.5. The first-order valence-corrected chi connectivity index (χ1v) is 14.0. The zero-order valence-corrected chi connectivity index (χ0v) is 23.8. The van der Waals surface area contributed by atoms with Crippen LogP contribution in [0.4, 0.5) is 21.6 Å². The summed E-state index contributed by atoms with van der Waals surface area (Å²) >= 11 is 0. The largest absolute Gasteiger partial charge is 0.451 e. The first-order chi connectivity index (χ1) is 20.6. The molecule has 1 spiro atoms. The van der Waals surface area contributed by atoms with Gasteiger partial charge in [0, 0.05) is 61.9 Å². The number of nitrogens with two attached hydrogens (primary N) is 1. The summed E-state index contributed by atoms with van der Waals surface area (Å²) in [6.07, 6.45) is 5.83. The minimum Gasteiger partial charge on any atom is -0.451 e. The van der Waals surface area contributed by atoms with Gasteiger partial charge in [-0.2, -0.15) is 5.10 Å². The highest BCUT2D eigenvalue weighted by atomic mass is 19.1. The van der Waals surface area contributed by atoms with E-state index in [9.17, 15) is 19.3 Å². The quantitative estimate of drug-likeness (QED) is 0.172. The van der Waals surface area contributed by atoms with Crippen molar-refractivity contribution in [3.63, 3.8) is 0 Å². The van der Waals surface area contributed by atoms with E-state index < -0.39 is 10.7 Å². The third kappa shape index (κ3) is 5.45. The van der Waals surface area contributed by atoms with E-state index in [1.165, 1.54) is 30.6 Å². The van der Waals surface area contributed by atoms with Gasteiger partial charge in [0.05, 0.1) is 16.8 Å². The lowest BCUT2D eigenvalue weighted by Crippen LogP contribution is -2.31. The van der Waals surface area contributed by atoms with E-state index in [0.717, 1.165) is 12.1 Å². The van der Waals surface area contributed by atoms with E-state index in [1.54, 1.807) is 34.1 Å². The van der Waals surface area contributed by atoms with Crippen LogP contribution >= 0.6 is 0 Å². The average molecular weight is 587 g/mol. The van der Waals surface area contributed by atoms with Crippen molar-refractivity contribution < 1.29 is 18.8 Å². The fraction of sp³-hybridized carbons (Fsp3) is 0.333. The summed E-state index contributed by atoms with van der Waals surface area (Å²) in [7, 11) is 0. The molecular formula is C30H31FN8O4. The van der Waals surface area contributed by atoms with Crippen LogP contribution in [0.1, 0.15) is 38.3 Å². The standard InChI is InChI=1S/C30H31FN8O4/c1-19(2)38-24(7-9-35-38)22-12-21(31)4-6-26(22)43-27-14-33-18-34-29(27)36-10-8-30(16-36)13-28(40)37(17-30)15-20-3-5-23(32)25(11-20)39(41)42/h3-7,9,11-12,14,18-19H,8,10,13,15-17,32H2,1-2H3. The van der Waals surface area contributed by atoms with Crippen molar-refractivity contribution in [3.05, 3.63) is 82.7 Å². The molecule has 0 aliphatic carbocycles. The van der Waals surface area contributed by atoms with Gasteiger partial charge in [-0.15, -0.1) is 0 Å². The number of nitrogen functional groups attached to an aromatic ring is 1. The van der Waals surface area contributed by atoms with Crippen molar-refractivity contribution in [2.24, 2.45) is 5.41 Å². The Kier molecular flexibility index (Phi) is 7.16. The highest BCUT2D eigenvalue weighted by Gasteiger charge is 2.48. The van der Waals surface area contributed by atoms with Crippen molar-refractivity contribution in [2.75, 3.05) is 30.3 Å². The maximum atomic E-state index is 14.4. The molecule has 4 heterocycles. The molecule has 2 fully saturated rings. The topological polar surface area (TPSA) is 146 Å². The fourth-order valence-electron chi connectivity index (χ4n) is 6.05. The van der Waals surface area contributed by atoms with Crippen molar-refractivity contribution in [1.29, 1.82) is 0 Å². The summed E-state index contributed by atoms with van der Waals surface area (Å²) in [6, 6.07) is 10.9. The number of amides is 1. The Hall–Kier alpha value is -5.07. The highest BCUT2D eigenvalue weighted by Crippen LogP contribution is 2.44. The second kappa shape index (κ2) is 11.0. The van der Waals surface area contributed by atoms with Gasteiger partial charge in [0.2, 0.25) is 5.91 Å². The number of nitro groups is 1. The van der Waals surface area contributed by atoms with Crippen LogP contribution in [0, 0.1) is 21.3 Å². The van der Waals surface area contributed by atoms with Crippen LogP contribution in [-0.4, -0.2) is 55.1 Å². The van der Waals surface area contributed by atoms with E-state index in [2.05, 4.69) is 20.0 Å². The Labute approximate surface area is 247 Å². The number of aromatic nitrogens is 4. The van der Waals surface area contributed by atoms with E-state index in [-0.39, 0.29) is 35.3 Å². The SMILES string of the molecule is CC(C)n1nccc1-c1cc(F)ccc1Oc1cncnc1N1CCC2(CC(=O)N(Cc3ccc(N)c([N+](=O)[O-])c3)C2)C1. The maximum Gasteiger partial charge on any atom is 0.292 e. The number of carbonyl (C=O) groups is 1. The third-order valence-corrected chi connectivity index (χ3v) is 8.06. The average Bonchev–Trinajstić information content (AvgIpc) is 3.70. The molecule has 13 heteroatoms. The number of nitro benzene ring substituents is 1. The lowest BCUT2D eigenvalue weighted by atomic mass is 9.86. The van der Waals surface area contributed by atoms with Gasteiger partial charge in [-0.25, -0.2) is 14.4 Å². The molecule has 222 valence electrons. The van der Waals surface area contributed by atoms with Crippen molar-refractivity contribution in [2.45, 2.75) is 39.3 Å². The first-order valence-electron chi connectivity index (χ1n) is 14.0. The van der Waals surface area contributed by atoms with Crippen LogP contribution in [0.5, 0.6) is 11.5 Å². The van der Waals surface area contributed by atoms with E-state index in [1.807, 2.05) is 19.9 Å². The molecule has 12 nitrogen and oxygen atoms in total. The number of anilines is 2. The molecule has 2 saturated heterocycles. The number of nitrogens with zero attached hydrogens (tertiary/aromatic N) is 7. The number of ether oxygens (including phenoxy) is 1. The molecule has 0 bridgehead atoms. The second-order valence-corrected chi connectivity index (χ2v) is 11.5. The van der Waals surface area contributed by atoms with Crippen LogP contribution in [0.15, 0.2) is 61.2 Å². The van der Waals surface area contributed by atoms with E-state index in [0.29, 0.717) is 54.5 Å². The first kappa shape index (κ1) is 28.1. The van der Waals surface area contributed by atoms with Crippen LogP contribution in [0.3, 0.4) is 0 Å². The Morgan fingerprint density at radius 3 is 2.79 bits per heavy atom. The molecule has 1 amide bonds. The summed E-state index contributed by atoms with van der Waals surface area (Å²) < 4.78 is 22.6. The van der Waals surface area contributed by atoms with Gasteiger partial charge in [0.15, 0.2) is 11.6 Å². The van der Waals surface area contributed by atoms with Crippen LogP contribution in [0.25, 0.3) is 11.3 Å². The molecule has 1 atom stereocenters. The zero-order chi connectivity index (χ0) is 30.3. The van der Waals surface area contributed by atoms with Gasteiger partial charge in [-0.1, -0.05) is 6.07 Å². The number of likely N-dealkylation sites (tertiary alicyclic amines) is 1. The number of hydrogen-bond acceptors (Lipinski definition) is 9. The Morgan fingerprint density at radius 1 is 1.16 bits per heavy atom. The van der Waals surface area contributed by atoms with Gasteiger partial charge in [0.25, 0.3) is 5.69 Å². The molecule has 2 aliphatic rings. The number of carbonyl (C=O) groups excluding carboxylic acids is 1. The maximum absolute atomic E-state index is 14.4. The lowest BCUT2D eigenvalue weighted by Gasteiger charge is -2.25. The highest BCUT2D eigenvalue weighted by molar-refractivity contribution is 5.80. The number of hydrogen-bond donors (Lipinski definition) is 1. The van der Waals surface area contributed by atoms with Crippen LogP contribution < -0.4 is 15.4 Å². The normalized spacial score (nSPS) is 18.3. The van der Waals surface area contributed by atoms with Crippen LogP contribution in [-0.2, 0) is 11.3 Å². The minimum absolute atomic E-state index is 0.00166. The molecule has 1 unspecified atom stereocenters. The number of rotatable bonds is 8. The summed E-state index contributed by atoms with van der Waals surface area (Å²) in [5.74, 6) is 1.04. The molecule has 4 aromatic rings. The van der Waals surface area contributed by atoms with Gasteiger partial charge in [-0.3, -0.25) is 19.6 Å². The lowest BCUT2D eigenvalue weighted by molar-refractivity contribution is -0.384. The Bertz CT molecular complexity index is 1710. The smallest absolute Gasteiger partial charge is 0.292 e. The summed E-state index contributed by atoms with van der Waals surface area (Å²) in [5.41, 5.74) is 7.29. The summed E-state index contributed by atoms with van der Waals surface area (Å²) in [5, 5.41) is 15.7. The van der Waals surface area contributed by atoms with E-state index >= 15 is 0 Å². The molecule has 43 heavy (non-hydrogen) atoms.